The monoisotopic (exact) mass is 825 g/mol. The molecule has 0 atom stereocenters. The number of benzene rings is 2. The van der Waals surface area contributed by atoms with Crippen LogP contribution in [-0.2, 0) is 29.8 Å². The first kappa shape index (κ1) is 43.3. The van der Waals surface area contributed by atoms with E-state index in [0.717, 1.165) is 41.3 Å². The molecule has 17 heteroatoms. The lowest BCUT2D eigenvalue weighted by molar-refractivity contribution is -0.156. The van der Waals surface area contributed by atoms with Crippen molar-refractivity contribution >= 4 is 24.3 Å². The maximum absolute atomic E-state index is 13.3. The molecule has 59 heavy (non-hydrogen) atoms. The molecule has 12 nitrogen and oxygen atoms in total. The molecule has 4 aliphatic rings. The van der Waals surface area contributed by atoms with Crippen molar-refractivity contribution in [3.05, 3.63) is 107 Å². The summed E-state index contributed by atoms with van der Waals surface area (Å²) in [7, 11) is 0. The van der Waals surface area contributed by atoms with Crippen LogP contribution in [0, 0.1) is 11.6 Å². The van der Waals surface area contributed by atoms with Gasteiger partial charge in [0.2, 0.25) is 18.2 Å². The van der Waals surface area contributed by atoms with Gasteiger partial charge in [0.15, 0.2) is 0 Å². The molecule has 4 aromatic rings. The number of anilines is 2. The van der Waals surface area contributed by atoms with Gasteiger partial charge in [-0.15, -0.1) is 0 Å². The maximum atomic E-state index is 13.3. The van der Waals surface area contributed by atoms with Crippen LogP contribution in [0.4, 0.5) is 38.6 Å². The first-order valence-electron chi connectivity index (χ1n) is 19.4. The van der Waals surface area contributed by atoms with Gasteiger partial charge in [-0.25, -0.2) is 33.5 Å². The largest absolute Gasteiger partial charge is 0.446 e. The summed E-state index contributed by atoms with van der Waals surface area (Å²) in [5.74, 6) is 0.965. The molecule has 4 fully saturated rings. The fraction of sp³-hybridized carbons (Fsp3) is 0.476. The smallest absolute Gasteiger partial charge is 0.444 e. The summed E-state index contributed by atoms with van der Waals surface area (Å²) in [6.45, 7) is 12.3. The number of carbonyl (C=O) groups is 2. The van der Waals surface area contributed by atoms with E-state index < -0.39 is 18.1 Å². The highest BCUT2D eigenvalue weighted by atomic mass is 19.4. The van der Waals surface area contributed by atoms with Crippen molar-refractivity contribution in [2.75, 3.05) is 75.5 Å². The molecule has 8 rings (SSSR count). The van der Waals surface area contributed by atoms with Crippen LogP contribution >= 0.6 is 0 Å². The number of hydrogen-bond donors (Lipinski definition) is 0. The molecule has 2 aromatic carbocycles. The third-order valence-electron chi connectivity index (χ3n) is 10.6. The number of ether oxygens (including phenoxy) is 3. The molecule has 6 heterocycles. The van der Waals surface area contributed by atoms with E-state index in [4.69, 9.17) is 19.0 Å². The van der Waals surface area contributed by atoms with E-state index in [-0.39, 0.29) is 28.6 Å². The molecule has 4 aliphatic heterocycles. The van der Waals surface area contributed by atoms with Crippen molar-refractivity contribution < 1.29 is 45.8 Å². The Hall–Kier alpha value is -5.29. The van der Waals surface area contributed by atoms with E-state index in [1.54, 1.807) is 17.0 Å². The Morgan fingerprint density at radius 3 is 1.32 bits per heavy atom. The molecule has 0 spiro atoms. The fourth-order valence-corrected chi connectivity index (χ4v) is 7.12. The Morgan fingerprint density at radius 2 is 1.00 bits per heavy atom. The SMILES string of the molecule is CC(C)(C)OC(=O)N1CCN(c2ncc(C3(c4ccc(F)cc4)COC3)cn2)CC1.Fc1ccc(C2(c3cnc(N4CCCCC4)nc3)COC2)cc1.O=CC(F)(F)F. The van der Waals surface area contributed by atoms with E-state index in [1.807, 2.05) is 57.7 Å². The van der Waals surface area contributed by atoms with Crippen molar-refractivity contribution in [3.8, 4) is 0 Å². The fourth-order valence-electron chi connectivity index (χ4n) is 7.12. The van der Waals surface area contributed by atoms with Gasteiger partial charge in [0.1, 0.15) is 17.2 Å². The summed E-state index contributed by atoms with van der Waals surface area (Å²) in [5, 5.41) is 0. The molecule has 1 amide bonds. The zero-order valence-corrected chi connectivity index (χ0v) is 33.3. The van der Waals surface area contributed by atoms with E-state index in [1.165, 1.54) is 43.5 Å². The first-order chi connectivity index (χ1) is 28.1. The van der Waals surface area contributed by atoms with Gasteiger partial charge in [-0.2, -0.15) is 13.2 Å². The summed E-state index contributed by atoms with van der Waals surface area (Å²) >= 11 is 0. The minimum absolute atomic E-state index is 0.221. The van der Waals surface area contributed by atoms with Crippen molar-refractivity contribution in [3.63, 3.8) is 0 Å². The molecule has 0 bridgehead atoms. The van der Waals surface area contributed by atoms with Gasteiger partial charge in [-0.05, 0) is 75.4 Å². The van der Waals surface area contributed by atoms with Crippen LogP contribution < -0.4 is 9.80 Å². The third kappa shape index (κ3) is 10.7. The average Bonchev–Trinajstić information content (AvgIpc) is 3.19. The second-order valence-electron chi connectivity index (χ2n) is 15.9. The zero-order chi connectivity index (χ0) is 42.3. The zero-order valence-electron chi connectivity index (χ0n) is 33.3. The summed E-state index contributed by atoms with van der Waals surface area (Å²) in [6.07, 6.45) is 5.18. The Balaban J connectivity index is 0.000000179. The van der Waals surface area contributed by atoms with E-state index >= 15 is 0 Å². The number of carbonyl (C=O) groups excluding carboxylic acids is 2. The molecule has 0 radical (unpaired) electrons. The van der Waals surface area contributed by atoms with Crippen molar-refractivity contribution in [2.24, 2.45) is 0 Å². The second kappa shape index (κ2) is 18.3. The Bertz CT molecular complexity index is 1980. The average molecular weight is 826 g/mol. The highest BCUT2D eigenvalue weighted by Gasteiger charge is 2.44. The van der Waals surface area contributed by atoms with Crippen LogP contribution in [0.25, 0.3) is 0 Å². The van der Waals surface area contributed by atoms with E-state index in [2.05, 4.69) is 29.7 Å². The molecular weight excluding hydrogens is 777 g/mol. The lowest BCUT2D eigenvalue weighted by Gasteiger charge is -2.42. The molecule has 0 saturated carbocycles. The van der Waals surface area contributed by atoms with Crippen LogP contribution in [-0.4, -0.2) is 115 Å². The van der Waals surface area contributed by atoms with Gasteiger partial charge in [0.05, 0.1) is 37.3 Å². The van der Waals surface area contributed by atoms with Gasteiger partial charge < -0.3 is 28.9 Å². The number of alkyl halides is 3. The highest BCUT2D eigenvalue weighted by Crippen LogP contribution is 2.40. The van der Waals surface area contributed by atoms with Gasteiger partial charge in [0.25, 0.3) is 0 Å². The summed E-state index contributed by atoms with van der Waals surface area (Å²) < 4.78 is 74.2. The predicted octanol–water partition coefficient (Wildman–Crippen LogP) is 6.66. The number of rotatable bonds is 6. The van der Waals surface area contributed by atoms with Gasteiger partial charge in [-0.3, -0.25) is 4.79 Å². The number of piperidine rings is 1. The molecule has 0 unspecified atom stereocenters. The number of aldehydes is 1. The van der Waals surface area contributed by atoms with E-state index in [9.17, 15) is 26.7 Å². The van der Waals surface area contributed by atoms with Gasteiger partial charge in [0, 0.05) is 75.2 Å². The Kier molecular flexibility index (Phi) is 13.4. The van der Waals surface area contributed by atoms with Crippen LogP contribution in [0.3, 0.4) is 0 Å². The van der Waals surface area contributed by atoms with Gasteiger partial charge in [-0.1, -0.05) is 24.3 Å². The topological polar surface area (TPSA) is 123 Å². The maximum Gasteiger partial charge on any atom is 0.446 e. The number of piperazine rings is 1. The quantitative estimate of drug-likeness (QED) is 0.153. The van der Waals surface area contributed by atoms with Gasteiger partial charge >= 0.3 is 12.3 Å². The summed E-state index contributed by atoms with van der Waals surface area (Å²) in [4.78, 5) is 45.3. The van der Waals surface area contributed by atoms with Crippen molar-refractivity contribution in [1.82, 2.24) is 24.8 Å². The minimum Gasteiger partial charge on any atom is -0.444 e. The summed E-state index contributed by atoms with van der Waals surface area (Å²) in [5.41, 5.74) is 2.97. The highest BCUT2D eigenvalue weighted by molar-refractivity contribution is 5.68. The third-order valence-corrected chi connectivity index (χ3v) is 10.6. The number of hydrogen-bond acceptors (Lipinski definition) is 11. The van der Waals surface area contributed by atoms with E-state index in [0.29, 0.717) is 58.6 Å². The van der Waals surface area contributed by atoms with Crippen LogP contribution in [0.15, 0.2) is 73.3 Å². The predicted molar refractivity (Wildman–Crippen MR) is 208 cm³/mol. The normalized spacial score (nSPS) is 18.5. The van der Waals surface area contributed by atoms with Crippen molar-refractivity contribution in [1.29, 1.82) is 0 Å². The molecular formula is C42H48F5N7O5. The number of amides is 1. The number of halogens is 5. The number of aromatic nitrogens is 4. The molecule has 2 aromatic heterocycles. The van der Waals surface area contributed by atoms with Crippen LogP contribution in [0.2, 0.25) is 0 Å². The molecule has 316 valence electrons. The summed E-state index contributed by atoms with van der Waals surface area (Å²) in [6, 6.07) is 13.2. The molecule has 0 N–H and O–H groups in total. The Labute approximate surface area is 339 Å². The molecule has 0 aliphatic carbocycles. The lowest BCUT2D eigenvalue weighted by Crippen LogP contribution is -2.50. The molecule has 4 saturated heterocycles. The number of nitrogens with zero attached hydrogens (tertiary/aromatic N) is 7. The second-order valence-corrected chi connectivity index (χ2v) is 15.9. The van der Waals surface area contributed by atoms with Crippen LogP contribution in [0.1, 0.15) is 62.3 Å². The van der Waals surface area contributed by atoms with Crippen LogP contribution in [0.5, 0.6) is 0 Å². The first-order valence-corrected chi connectivity index (χ1v) is 19.4. The van der Waals surface area contributed by atoms with Crippen molar-refractivity contribution in [2.45, 2.75) is 62.6 Å². The minimum atomic E-state index is -4.64. The Morgan fingerprint density at radius 1 is 0.627 bits per heavy atom. The lowest BCUT2D eigenvalue weighted by atomic mass is 9.74. The standard InChI is InChI=1S/C22H27FN4O3.C18H20FN3O.C2HF3O/c1-21(2,3)30-20(28)27-10-8-26(9-11-27)19-24-12-17(13-25-19)22(14-29-15-22)16-4-6-18(23)7-5-16;19-16-6-4-14(5-7-16)18(12-23-13-18)15-10-20-17(21-11-15)22-8-2-1-3-9-22;3-2(4,5)1-6/h4-7,12-13H,8-11,14-15H2,1-3H3;4-7,10-11H,1-3,8-9,12-13H2;1H.